The predicted molar refractivity (Wildman–Crippen MR) is 138 cm³/mol. The first kappa shape index (κ1) is 31.5. The third kappa shape index (κ3) is 12.3. The molecule has 0 heterocycles. The highest BCUT2D eigenvalue weighted by atomic mass is 16.4. The van der Waals surface area contributed by atoms with Crippen LogP contribution in [0.25, 0.3) is 0 Å². The number of aliphatic carboxylic acids is 1. The summed E-state index contributed by atoms with van der Waals surface area (Å²) in [6.07, 6.45) is 1.18. The Kier molecular flexibility index (Phi) is 13.9. The standard InChI is InChI=1S/C25H40N6O6/c1-15(2)12-19(23(34)29-18(25(36)37)10-6-7-11-26)31-24(35)20(14-21(28)32)30-22(33)17(27)13-16-8-4-3-5-9-16/h3-5,8-9,15,17-20H,6-7,10-14,26-27H2,1-2H3,(H2,28,32)(H,29,34)(H,30,33)(H,31,35)(H,36,37). The van der Waals surface area contributed by atoms with Crippen LogP contribution in [0.1, 0.15) is 51.5 Å². The van der Waals surface area contributed by atoms with Crippen molar-refractivity contribution in [1.29, 1.82) is 0 Å². The number of nitrogens with one attached hydrogen (secondary N) is 3. The minimum Gasteiger partial charge on any atom is -0.480 e. The van der Waals surface area contributed by atoms with Crippen LogP contribution in [0.15, 0.2) is 30.3 Å². The van der Waals surface area contributed by atoms with E-state index in [1.54, 1.807) is 24.3 Å². The van der Waals surface area contributed by atoms with Gasteiger partial charge in [-0.15, -0.1) is 0 Å². The summed E-state index contributed by atoms with van der Waals surface area (Å²) < 4.78 is 0. The maximum absolute atomic E-state index is 13.0. The molecule has 0 saturated heterocycles. The van der Waals surface area contributed by atoms with Crippen molar-refractivity contribution in [2.45, 2.75) is 76.5 Å². The summed E-state index contributed by atoms with van der Waals surface area (Å²) in [5, 5.41) is 16.9. The number of carboxylic acids is 1. The number of hydrogen-bond acceptors (Lipinski definition) is 7. The van der Waals surface area contributed by atoms with E-state index >= 15 is 0 Å². The van der Waals surface area contributed by atoms with Crippen molar-refractivity contribution in [2.24, 2.45) is 23.1 Å². The molecule has 206 valence electrons. The number of carbonyl (C=O) groups is 5. The Labute approximate surface area is 217 Å². The van der Waals surface area contributed by atoms with E-state index in [-0.39, 0.29) is 25.2 Å². The summed E-state index contributed by atoms with van der Waals surface area (Å²) in [6.45, 7) is 4.05. The number of unbranched alkanes of at least 4 members (excludes halogenated alkanes) is 1. The van der Waals surface area contributed by atoms with Gasteiger partial charge in [0.2, 0.25) is 23.6 Å². The summed E-state index contributed by atoms with van der Waals surface area (Å²) in [5.74, 6) is -4.25. The first-order valence-corrected chi connectivity index (χ1v) is 12.4. The van der Waals surface area contributed by atoms with Crippen LogP contribution in [0.2, 0.25) is 0 Å². The van der Waals surface area contributed by atoms with E-state index in [0.29, 0.717) is 19.4 Å². The lowest BCUT2D eigenvalue weighted by Gasteiger charge is -2.25. The topological polar surface area (TPSA) is 220 Å². The number of amides is 4. The van der Waals surface area contributed by atoms with Gasteiger partial charge in [-0.1, -0.05) is 44.2 Å². The van der Waals surface area contributed by atoms with E-state index in [1.807, 2.05) is 19.9 Å². The lowest BCUT2D eigenvalue weighted by atomic mass is 10.0. The molecule has 0 fully saturated rings. The summed E-state index contributed by atoms with van der Waals surface area (Å²) in [7, 11) is 0. The lowest BCUT2D eigenvalue weighted by Crippen LogP contribution is -2.58. The SMILES string of the molecule is CC(C)CC(NC(=O)C(CC(N)=O)NC(=O)C(N)Cc1ccccc1)C(=O)NC(CCCCN)C(=O)O. The molecule has 12 heteroatoms. The second-order valence-electron chi connectivity index (χ2n) is 9.40. The molecule has 4 atom stereocenters. The third-order valence-corrected chi connectivity index (χ3v) is 5.58. The van der Waals surface area contributed by atoms with Crippen molar-refractivity contribution in [1.82, 2.24) is 16.0 Å². The lowest BCUT2D eigenvalue weighted by molar-refractivity contribution is -0.142. The van der Waals surface area contributed by atoms with E-state index in [4.69, 9.17) is 17.2 Å². The van der Waals surface area contributed by atoms with Crippen LogP contribution in [-0.2, 0) is 30.4 Å². The Morgan fingerprint density at radius 2 is 1.43 bits per heavy atom. The summed E-state index contributed by atoms with van der Waals surface area (Å²) in [5.41, 5.74) is 17.5. The molecule has 37 heavy (non-hydrogen) atoms. The summed E-state index contributed by atoms with van der Waals surface area (Å²) in [4.78, 5) is 61.8. The normalized spacial score (nSPS) is 14.2. The summed E-state index contributed by atoms with van der Waals surface area (Å²) >= 11 is 0. The number of primary amides is 1. The second-order valence-corrected chi connectivity index (χ2v) is 9.40. The van der Waals surface area contributed by atoms with Crippen LogP contribution in [0.4, 0.5) is 0 Å². The predicted octanol–water partition coefficient (Wildman–Crippen LogP) is -0.854. The number of rotatable bonds is 17. The molecular formula is C25H40N6O6. The zero-order chi connectivity index (χ0) is 28.0. The highest BCUT2D eigenvalue weighted by molar-refractivity contribution is 5.96. The van der Waals surface area contributed by atoms with E-state index in [9.17, 15) is 29.1 Å². The number of carboxylic acid groups (broad SMARTS) is 1. The van der Waals surface area contributed by atoms with Gasteiger partial charge < -0.3 is 38.3 Å². The molecule has 0 bridgehead atoms. The van der Waals surface area contributed by atoms with Crippen molar-refractivity contribution in [3.05, 3.63) is 35.9 Å². The molecule has 1 rings (SSSR count). The van der Waals surface area contributed by atoms with E-state index in [1.165, 1.54) is 0 Å². The molecule has 1 aromatic rings. The Balaban J connectivity index is 2.94. The molecular weight excluding hydrogens is 480 g/mol. The van der Waals surface area contributed by atoms with Gasteiger partial charge in [-0.25, -0.2) is 4.79 Å². The Bertz CT molecular complexity index is 910. The zero-order valence-corrected chi connectivity index (χ0v) is 21.4. The van der Waals surface area contributed by atoms with E-state index in [0.717, 1.165) is 5.56 Å². The highest BCUT2D eigenvalue weighted by Crippen LogP contribution is 2.09. The quantitative estimate of drug-likeness (QED) is 0.128. The van der Waals surface area contributed by atoms with Gasteiger partial charge in [-0.05, 0) is 50.1 Å². The number of carbonyl (C=O) groups excluding carboxylic acids is 4. The zero-order valence-electron chi connectivity index (χ0n) is 21.4. The van der Waals surface area contributed by atoms with Gasteiger partial charge in [0, 0.05) is 0 Å². The van der Waals surface area contributed by atoms with E-state index < -0.39 is 60.2 Å². The molecule has 0 aliphatic heterocycles. The minimum absolute atomic E-state index is 0.0416. The van der Waals surface area contributed by atoms with Crippen molar-refractivity contribution in [3.8, 4) is 0 Å². The monoisotopic (exact) mass is 520 g/mol. The smallest absolute Gasteiger partial charge is 0.326 e. The van der Waals surface area contributed by atoms with Crippen LogP contribution >= 0.6 is 0 Å². The average molecular weight is 521 g/mol. The largest absolute Gasteiger partial charge is 0.480 e. The van der Waals surface area contributed by atoms with Gasteiger partial charge >= 0.3 is 5.97 Å². The molecule has 12 nitrogen and oxygen atoms in total. The van der Waals surface area contributed by atoms with Gasteiger partial charge in [0.05, 0.1) is 12.5 Å². The first-order valence-electron chi connectivity index (χ1n) is 12.4. The van der Waals surface area contributed by atoms with Crippen LogP contribution in [0, 0.1) is 5.92 Å². The van der Waals surface area contributed by atoms with Crippen LogP contribution in [0.5, 0.6) is 0 Å². The number of hydrogen-bond donors (Lipinski definition) is 7. The van der Waals surface area contributed by atoms with Gasteiger partial charge in [0.25, 0.3) is 0 Å². The Morgan fingerprint density at radius 1 is 0.865 bits per heavy atom. The third-order valence-electron chi connectivity index (χ3n) is 5.58. The molecule has 0 aliphatic carbocycles. The van der Waals surface area contributed by atoms with Crippen LogP contribution in [0.3, 0.4) is 0 Å². The van der Waals surface area contributed by atoms with Crippen molar-refractivity contribution in [3.63, 3.8) is 0 Å². The molecule has 0 spiro atoms. The maximum atomic E-state index is 13.0. The first-order chi connectivity index (χ1) is 17.4. The molecule has 0 saturated carbocycles. The van der Waals surface area contributed by atoms with Crippen molar-refractivity contribution in [2.75, 3.05) is 6.54 Å². The van der Waals surface area contributed by atoms with Gasteiger partial charge in [0.1, 0.15) is 18.1 Å². The van der Waals surface area contributed by atoms with Gasteiger partial charge in [0.15, 0.2) is 0 Å². The fraction of sp³-hybridized carbons (Fsp3) is 0.560. The second kappa shape index (κ2) is 16.3. The highest BCUT2D eigenvalue weighted by Gasteiger charge is 2.31. The van der Waals surface area contributed by atoms with Crippen molar-refractivity contribution < 1.29 is 29.1 Å². The average Bonchev–Trinajstić information content (AvgIpc) is 2.82. The van der Waals surface area contributed by atoms with Crippen LogP contribution < -0.4 is 33.2 Å². The summed E-state index contributed by atoms with van der Waals surface area (Å²) in [6, 6.07) is 4.42. The van der Waals surface area contributed by atoms with Crippen molar-refractivity contribution >= 4 is 29.6 Å². The molecule has 4 amide bonds. The fourth-order valence-electron chi connectivity index (χ4n) is 3.65. The number of nitrogens with two attached hydrogens (primary N) is 3. The molecule has 0 aromatic heterocycles. The van der Waals surface area contributed by atoms with Gasteiger partial charge in [-0.3, -0.25) is 19.2 Å². The Hall–Kier alpha value is -3.51. The van der Waals surface area contributed by atoms with E-state index in [2.05, 4.69) is 16.0 Å². The van der Waals surface area contributed by atoms with Gasteiger partial charge in [-0.2, -0.15) is 0 Å². The maximum Gasteiger partial charge on any atom is 0.326 e. The molecule has 1 aromatic carbocycles. The Morgan fingerprint density at radius 3 is 1.97 bits per heavy atom. The minimum atomic E-state index is -1.37. The molecule has 10 N–H and O–H groups in total. The van der Waals surface area contributed by atoms with Crippen LogP contribution in [-0.4, -0.2) is 65.4 Å². The molecule has 0 radical (unpaired) electrons. The molecule has 4 unspecified atom stereocenters. The number of benzene rings is 1. The fourth-order valence-corrected chi connectivity index (χ4v) is 3.65. The molecule has 0 aliphatic rings.